The first-order chi connectivity index (χ1) is 29.9. The summed E-state index contributed by atoms with van der Waals surface area (Å²) in [6.45, 7) is 18.7. The van der Waals surface area contributed by atoms with Gasteiger partial charge in [0.15, 0.2) is 5.25 Å². The average molecular weight is 926 g/mol. The zero-order valence-corrected chi connectivity index (χ0v) is 40.2. The van der Waals surface area contributed by atoms with E-state index in [-0.39, 0.29) is 24.7 Å². The third-order valence-electron chi connectivity index (χ3n) is 9.68. The van der Waals surface area contributed by atoms with Gasteiger partial charge in [0.25, 0.3) is 10.0 Å². The third kappa shape index (κ3) is 14.4. The highest BCUT2D eigenvalue weighted by molar-refractivity contribution is 7.91. The number of hydrogen-bond donors (Lipinski definition) is 3. The van der Waals surface area contributed by atoms with E-state index < -0.39 is 79.5 Å². The van der Waals surface area contributed by atoms with Crippen LogP contribution < -0.4 is 21.3 Å². The van der Waals surface area contributed by atoms with Crippen molar-refractivity contribution in [2.75, 3.05) is 7.11 Å². The molecule has 3 amide bonds. The molecule has 4 N–H and O–H groups in total. The minimum Gasteiger partial charge on any atom is -0.489 e. The topological polar surface area (TPSA) is 241 Å². The Bertz CT molecular complexity index is 2230. The van der Waals surface area contributed by atoms with Gasteiger partial charge in [0.2, 0.25) is 5.96 Å². The molecule has 0 heterocycles. The Balaban J connectivity index is 1.95. The van der Waals surface area contributed by atoms with Crippen LogP contribution in [0.25, 0.3) is 0 Å². The first-order valence-electron chi connectivity index (χ1n) is 20.6. The van der Waals surface area contributed by atoms with Crippen molar-refractivity contribution in [3.63, 3.8) is 0 Å². The van der Waals surface area contributed by atoms with Gasteiger partial charge in [-0.25, -0.2) is 32.6 Å². The first-order valence-corrected chi connectivity index (χ1v) is 22.1. The van der Waals surface area contributed by atoms with Crippen LogP contribution in [0.5, 0.6) is 5.75 Å². The van der Waals surface area contributed by atoms with Crippen LogP contribution in [0.15, 0.2) is 83.9 Å². The number of ether oxygens (including phenoxy) is 5. The Hall–Kier alpha value is -6.21. The number of benzene rings is 3. The fourth-order valence-electron chi connectivity index (χ4n) is 7.26. The molecule has 3 rings (SSSR count). The van der Waals surface area contributed by atoms with E-state index in [1.807, 2.05) is 0 Å². The summed E-state index contributed by atoms with van der Waals surface area (Å²) < 4.78 is 57.8. The number of carbonyl (C=O) groups is 5. The van der Waals surface area contributed by atoms with Crippen molar-refractivity contribution in [1.29, 1.82) is 0 Å². The van der Waals surface area contributed by atoms with Crippen LogP contribution in [0.4, 0.5) is 20.1 Å². The minimum absolute atomic E-state index is 0.0763. The Morgan fingerprint density at radius 2 is 1.15 bits per heavy atom. The Labute approximate surface area is 381 Å². The molecule has 0 aliphatic rings. The van der Waals surface area contributed by atoms with E-state index in [2.05, 4.69) is 20.5 Å². The van der Waals surface area contributed by atoms with Gasteiger partial charge in [-0.05, 0) is 93.3 Å². The van der Waals surface area contributed by atoms with Gasteiger partial charge >= 0.3 is 30.2 Å². The number of nitrogens with two attached hydrogens (primary N) is 1. The van der Waals surface area contributed by atoms with Crippen molar-refractivity contribution in [3.05, 3.63) is 95.6 Å². The Kier molecular flexibility index (Phi) is 17.3. The van der Waals surface area contributed by atoms with Crippen LogP contribution in [0.1, 0.15) is 99.8 Å². The summed E-state index contributed by atoms with van der Waals surface area (Å²) in [5, 5.41) is 2.47. The van der Waals surface area contributed by atoms with Crippen LogP contribution in [0, 0.1) is 16.2 Å². The van der Waals surface area contributed by atoms with Gasteiger partial charge in [0.1, 0.15) is 35.6 Å². The molecule has 3 aromatic carbocycles. The van der Waals surface area contributed by atoms with E-state index in [0.29, 0.717) is 26.9 Å². The van der Waals surface area contributed by atoms with Gasteiger partial charge in [-0.3, -0.25) is 15.4 Å². The van der Waals surface area contributed by atoms with E-state index in [1.165, 1.54) is 12.1 Å². The predicted octanol–water partition coefficient (Wildman–Crippen LogP) is 7.81. The zero-order chi connectivity index (χ0) is 49.2. The number of esters is 1. The molecule has 0 spiro atoms. The number of aliphatic imine (C=N–C) groups is 1. The summed E-state index contributed by atoms with van der Waals surface area (Å²) in [4.78, 5) is 75.7. The van der Waals surface area contributed by atoms with Gasteiger partial charge < -0.3 is 28.5 Å². The van der Waals surface area contributed by atoms with Gasteiger partial charge in [0, 0.05) is 0 Å². The quantitative estimate of drug-likeness (QED) is 0.0487. The number of amides is 3. The molecule has 0 aliphatic carbocycles. The van der Waals surface area contributed by atoms with Crippen LogP contribution >= 0.6 is 0 Å². The van der Waals surface area contributed by atoms with Gasteiger partial charge in [-0.1, -0.05) is 96.1 Å². The summed E-state index contributed by atoms with van der Waals surface area (Å²) in [6.07, 6.45) is -3.02. The summed E-state index contributed by atoms with van der Waals surface area (Å²) in [7, 11) is -4.17. The van der Waals surface area contributed by atoms with E-state index in [9.17, 15) is 24.0 Å². The van der Waals surface area contributed by atoms with E-state index in [0.717, 1.165) is 7.11 Å². The van der Waals surface area contributed by atoms with Crippen molar-refractivity contribution in [2.24, 2.45) is 27.1 Å². The third-order valence-corrected chi connectivity index (χ3v) is 11.7. The minimum atomic E-state index is -5.24. The molecule has 65 heavy (non-hydrogen) atoms. The summed E-state index contributed by atoms with van der Waals surface area (Å²) in [5.41, 5.74) is -4.52. The molecule has 0 aromatic heterocycles. The number of alkyl carbamates (subject to hydrolysis) is 2. The molecule has 1 atom stereocenters. The van der Waals surface area contributed by atoms with Crippen molar-refractivity contribution in [1.82, 2.24) is 14.9 Å². The SMILES string of the molecule is COC(=O)C(C(C(=O)ON)S(=O)(=O)N(Cc1ccc(OCc2ccc(N=C(NC(=O)OC(C)(C)C)NC(=O)OC(C)(C)C)cc2)cc1)C(=O)OCc1ccccc1)(C(C)(C)C)C(C)(C)C. The summed E-state index contributed by atoms with van der Waals surface area (Å²) >= 11 is 0. The number of guanidine groups is 1. The normalized spacial score (nSPS) is 12.7. The van der Waals surface area contributed by atoms with E-state index in [4.69, 9.17) is 29.6 Å². The molecule has 0 saturated heterocycles. The summed E-state index contributed by atoms with van der Waals surface area (Å²) in [6, 6.07) is 21.4. The molecule has 0 fully saturated rings. The first kappa shape index (κ1) is 53.1. The molecule has 0 radical (unpaired) electrons. The Morgan fingerprint density at radius 3 is 1.60 bits per heavy atom. The average Bonchev–Trinajstić information content (AvgIpc) is 3.18. The number of hydrogen-bond acceptors (Lipinski definition) is 15. The predicted molar refractivity (Wildman–Crippen MR) is 242 cm³/mol. The zero-order valence-electron chi connectivity index (χ0n) is 39.4. The maximum Gasteiger partial charge on any atom is 0.424 e. The molecule has 0 saturated carbocycles. The van der Waals surface area contributed by atoms with Crippen LogP contribution in [-0.4, -0.2) is 72.5 Å². The molecule has 3 aromatic rings. The second kappa shape index (κ2) is 21.2. The lowest BCUT2D eigenvalue weighted by Crippen LogP contribution is -2.66. The number of nitrogens with zero attached hydrogens (tertiary/aromatic N) is 2. The van der Waals surface area contributed by atoms with Crippen LogP contribution in [-0.2, 0) is 63.2 Å². The van der Waals surface area contributed by atoms with Gasteiger partial charge in [0.05, 0.1) is 19.3 Å². The fourth-order valence-corrected chi connectivity index (χ4v) is 9.65. The highest BCUT2D eigenvalue weighted by atomic mass is 32.2. The largest absolute Gasteiger partial charge is 0.489 e. The molecular formula is C46H63N5O13S. The number of nitrogens with one attached hydrogen (secondary N) is 2. The standard InChI is InChI=1S/C46H63N5O13S/c1-42(2,3)46(37(53)59-13,43(4,5)6)35(36(52)64-47)65(57,58)51(41(56)61-29-31-17-15-14-16-18-31)27-30-21-25-34(26-22-30)60-28-32-19-23-33(24-20-32)48-38(49-39(54)62-44(7,8)9)50-40(55)63-45(10,11)12/h14-26,35H,27-29,47H2,1-13H3,(H2,48,49,50,54,55). The molecular weight excluding hydrogens is 863 g/mol. The molecule has 356 valence electrons. The van der Waals surface area contributed by atoms with Gasteiger partial charge in [-0.2, -0.15) is 10.2 Å². The van der Waals surface area contributed by atoms with Crippen molar-refractivity contribution < 1.29 is 60.9 Å². The van der Waals surface area contributed by atoms with Crippen molar-refractivity contribution in [3.8, 4) is 5.75 Å². The lowest BCUT2D eigenvalue weighted by Gasteiger charge is -2.53. The second-order valence-corrected chi connectivity index (χ2v) is 21.0. The maximum atomic E-state index is 15.0. The lowest BCUT2D eigenvalue weighted by atomic mass is 9.52. The number of carbonyl (C=O) groups excluding carboxylic acids is 5. The van der Waals surface area contributed by atoms with Crippen molar-refractivity contribution >= 4 is 51.9 Å². The number of rotatable bonds is 13. The van der Waals surface area contributed by atoms with E-state index >= 15 is 8.42 Å². The van der Waals surface area contributed by atoms with Crippen LogP contribution in [0.2, 0.25) is 0 Å². The fraction of sp³-hybridized carbons (Fsp3) is 0.478. The molecule has 19 heteroatoms. The highest BCUT2D eigenvalue weighted by Gasteiger charge is 2.69. The number of sulfonamides is 1. The molecule has 0 aliphatic heterocycles. The lowest BCUT2D eigenvalue weighted by molar-refractivity contribution is -0.180. The van der Waals surface area contributed by atoms with Crippen LogP contribution in [0.3, 0.4) is 0 Å². The van der Waals surface area contributed by atoms with Gasteiger partial charge in [-0.15, -0.1) is 0 Å². The molecule has 0 bridgehead atoms. The highest BCUT2D eigenvalue weighted by Crippen LogP contribution is 2.57. The number of methoxy groups -OCH3 is 1. The smallest absolute Gasteiger partial charge is 0.424 e. The summed E-state index contributed by atoms with van der Waals surface area (Å²) in [5.74, 6) is 3.00. The molecule has 18 nitrogen and oxygen atoms in total. The monoisotopic (exact) mass is 925 g/mol. The van der Waals surface area contributed by atoms with E-state index in [1.54, 1.807) is 150 Å². The maximum absolute atomic E-state index is 15.0. The second-order valence-electron chi connectivity index (χ2n) is 19.0. The molecule has 1 unspecified atom stereocenters. The Morgan fingerprint density at radius 1 is 0.677 bits per heavy atom. The van der Waals surface area contributed by atoms with Crippen molar-refractivity contribution in [2.45, 2.75) is 119 Å².